The van der Waals surface area contributed by atoms with E-state index in [1.807, 2.05) is 6.07 Å². The number of carbonyl (C=O) groups is 1. The minimum Gasteiger partial charge on any atom is -0.467 e. The van der Waals surface area contributed by atoms with Crippen molar-refractivity contribution in [1.29, 1.82) is 5.26 Å². The molecule has 0 saturated heterocycles. The van der Waals surface area contributed by atoms with Crippen LogP contribution in [0.5, 0.6) is 0 Å². The number of halogens is 2. The Kier molecular flexibility index (Phi) is 5.26. The fourth-order valence-corrected chi connectivity index (χ4v) is 2.14. The minimum atomic E-state index is -0.222. The molecule has 0 unspecified atom stereocenters. The van der Waals surface area contributed by atoms with E-state index in [-0.39, 0.29) is 12.3 Å². The number of furan rings is 1. The minimum absolute atomic E-state index is 0.222. The molecule has 0 N–H and O–H groups in total. The van der Waals surface area contributed by atoms with Crippen LogP contribution < -0.4 is 0 Å². The molecule has 0 bridgehead atoms. The zero-order valence-corrected chi connectivity index (χ0v) is 12.6. The summed E-state index contributed by atoms with van der Waals surface area (Å²) in [5.74, 6) is 0.432. The van der Waals surface area contributed by atoms with Crippen LogP contribution in [-0.2, 0) is 6.54 Å². The third-order valence-electron chi connectivity index (χ3n) is 2.87. The van der Waals surface area contributed by atoms with E-state index >= 15 is 0 Å². The third kappa shape index (κ3) is 4.01. The predicted octanol–water partition coefficient (Wildman–Crippen LogP) is 4.14. The number of hydrogen-bond acceptors (Lipinski definition) is 3. The summed E-state index contributed by atoms with van der Waals surface area (Å²) in [6, 6.07) is 10.3. The molecule has 0 aliphatic heterocycles. The van der Waals surface area contributed by atoms with E-state index < -0.39 is 0 Å². The molecule has 1 aromatic heterocycles. The SMILES string of the molecule is N#CCCN(Cc1ccco1)C(=O)c1ccc(Cl)c(Cl)c1. The van der Waals surface area contributed by atoms with Gasteiger partial charge < -0.3 is 9.32 Å². The quantitative estimate of drug-likeness (QED) is 0.831. The lowest BCUT2D eigenvalue weighted by atomic mass is 10.2. The van der Waals surface area contributed by atoms with Crippen LogP contribution in [0.2, 0.25) is 10.0 Å². The summed E-state index contributed by atoms with van der Waals surface area (Å²) in [6.07, 6.45) is 1.79. The van der Waals surface area contributed by atoms with Crippen molar-refractivity contribution in [1.82, 2.24) is 4.90 Å². The predicted molar refractivity (Wildman–Crippen MR) is 80.1 cm³/mol. The number of hydrogen-bond donors (Lipinski definition) is 0. The average Bonchev–Trinajstić information content (AvgIpc) is 2.98. The Morgan fingerprint density at radius 2 is 2.10 bits per heavy atom. The van der Waals surface area contributed by atoms with E-state index in [1.54, 1.807) is 35.4 Å². The van der Waals surface area contributed by atoms with Gasteiger partial charge in [-0.1, -0.05) is 23.2 Å². The molecule has 0 saturated carbocycles. The molecule has 21 heavy (non-hydrogen) atoms. The van der Waals surface area contributed by atoms with Gasteiger partial charge in [0.15, 0.2) is 0 Å². The van der Waals surface area contributed by atoms with Gasteiger partial charge in [-0.3, -0.25) is 4.79 Å². The maximum atomic E-state index is 12.5. The van der Waals surface area contributed by atoms with Gasteiger partial charge in [0.05, 0.1) is 35.3 Å². The van der Waals surface area contributed by atoms with E-state index in [0.29, 0.717) is 34.5 Å². The zero-order chi connectivity index (χ0) is 15.2. The van der Waals surface area contributed by atoms with Crippen LogP contribution in [-0.4, -0.2) is 17.4 Å². The molecule has 1 amide bonds. The van der Waals surface area contributed by atoms with Crippen molar-refractivity contribution in [2.45, 2.75) is 13.0 Å². The number of amides is 1. The van der Waals surface area contributed by atoms with E-state index in [4.69, 9.17) is 32.9 Å². The van der Waals surface area contributed by atoms with Gasteiger partial charge in [0.25, 0.3) is 5.91 Å². The Morgan fingerprint density at radius 1 is 1.29 bits per heavy atom. The second-order valence-electron chi connectivity index (χ2n) is 4.34. The third-order valence-corrected chi connectivity index (χ3v) is 3.61. The summed E-state index contributed by atoms with van der Waals surface area (Å²) in [5.41, 5.74) is 0.425. The van der Waals surface area contributed by atoms with Crippen molar-refractivity contribution in [3.05, 3.63) is 58.0 Å². The van der Waals surface area contributed by atoms with Crippen LogP contribution in [0.15, 0.2) is 41.0 Å². The highest BCUT2D eigenvalue weighted by Gasteiger charge is 2.18. The van der Waals surface area contributed by atoms with Gasteiger partial charge in [-0.05, 0) is 30.3 Å². The molecular formula is C15H12Cl2N2O2. The molecule has 108 valence electrons. The Hall–Kier alpha value is -1.96. The molecule has 2 aromatic rings. The monoisotopic (exact) mass is 322 g/mol. The first-order valence-corrected chi connectivity index (χ1v) is 7.01. The van der Waals surface area contributed by atoms with Gasteiger partial charge in [-0.25, -0.2) is 0 Å². The Bertz CT molecular complexity index is 663. The van der Waals surface area contributed by atoms with E-state index in [2.05, 4.69) is 0 Å². The normalized spacial score (nSPS) is 10.1. The average molecular weight is 323 g/mol. The lowest BCUT2D eigenvalue weighted by Gasteiger charge is -2.20. The standard InChI is InChI=1S/C15H12Cl2N2O2/c16-13-5-4-11(9-14(13)17)15(20)19(7-2-6-18)10-12-3-1-8-21-12/h1,3-5,8-9H,2,7,10H2. The van der Waals surface area contributed by atoms with Crippen LogP contribution in [0.25, 0.3) is 0 Å². The lowest BCUT2D eigenvalue weighted by molar-refractivity contribution is 0.0735. The van der Waals surface area contributed by atoms with Crippen LogP contribution in [0.4, 0.5) is 0 Å². The van der Waals surface area contributed by atoms with Crippen molar-refractivity contribution in [3.63, 3.8) is 0 Å². The van der Waals surface area contributed by atoms with Crippen molar-refractivity contribution in [3.8, 4) is 6.07 Å². The van der Waals surface area contributed by atoms with Crippen LogP contribution in [0.1, 0.15) is 22.5 Å². The van der Waals surface area contributed by atoms with Crippen molar-refractivity contribution in [2.24, 2.45) is 0 Å². The molecule has 1 heterocycles. The Morgan fingerprint density at radius 3 is 2.71 bits per heavy atom. The summed E-state index contributed by atoms with van der Waals surface area (Å²) < 4.78 is 5.25. The van der Waals surface area contributed by atoms with Gasteiger partial charge >= 0.3 is 0 Å². The highest BCUT2D eigenvalue weighted by molar-refractivity contribution is 6.42. The lowest BCUT2D eigenvalue weighted by Crippen LogP contribution is -2.31. The zero-order valence-electron chi connectivity index (χ0n) is 11.1. The van der Waals surface area contributed by atoms with E-state index in [0.717, 1.165) is 0 Å². The summed E-state index contributed by atoms with van der Waals surface area (Å²) in [4.78, 5) is 14.1. The molecule has 0 aliphatic carbocycles. The molecule has 4 nitrogen and oxygen atoms in total. The fraction of sp³-hybridized carbons (Fsp3) is 0.200. The molecule has 0 atom stereocenters. The summed E-state index contributed by atoms with van der Waals surface area (Å²) >= 11 is 11.8. The number of benzene rings is 1. The summed E-state index contributed by atoms with van der Waals surface area (Å²) in [7, 11) is 0. The van der Waals surface area contributed by atoms with E-state index in [1.165, 1.54) is 6.07 Å². The molecule has 6 heteroatoms. The van der Waals surface area contributed by atoms with Crippen molar-refractivity contribution in [2.75, 3.05) is 6.54 Å². The highest BCUT2D eigenvalue weighted by atomic mass is 35.5. The molecular weight excluding hydrogens is 311 g/mol. The smallest absolute Gasteiger partial charge is 0.254 e. The first-order chi connectivity index (χ1) is 10.1. The Labute approximate surface area is 132 Å². The van der Waals surface area contributed by atoms with Gasteiger partial charge in [0, 0.05) is 12.1 Å². The van der Waals surface area contributed by atoms with Gasteiger partial charge in [-0.2, -0.15) is 5.26 Å². The molecule has 1 aromatic carbocycles. The van der Waals surface area contributed by atoms with Crippen LogP contribution in [0, 0.1) is 11.3 Å². The highest BCUT2D eigenvalue weighted by Crippen LogP contribution is 2.23. The van der Waals surface area contributed by atoms with Gasteiger partial charge in [-0.15, -0.1) is 0 Å². The van der Waals surface area contributed by atoms with E-state index in [9.17, 15) is 4.79 Å². The molecule has 2 rings (SSSR count). The first-order valence-electron chi connectivity index (χ1n) is 6.25. The molecule has 0 spiro atoms. The van der Waals surface area contributed by atoms with Crippen molar-refractivity contribution < 1.29 is 9.21 Å². The first kappa shape index (κ1) is 15.4. The largest absolute Gasteiger partial charge is 0.467 e. The topological polar surface area (TPSA) is 57.2 Å². The number of rotatable bonds is 5. The second-order valence-corrected chi connectivity index (χ2v) is 5.16. The number of nitriles is 1. The number of nitrogens with zero attached hydrogens (tertiary/aromatic N) is 2. The molecule has 0 radical (unpaired) electrons. The van der Waals surface area contributed by atoms with Crippen LogP contribution >= 0.6 is 23.2 Å². The molecule has 0 fully saturated rings. The summed E-state index contributed by atoms with van der Waals surface area (Å²) in [6.45, 7) is 0.615. The van der Waals surface area contributed by atoms with Gasteiger partial charge in [0.1, 0.15) is 5.76 Å². The Balaban J connectivity index is 2.20. The van der Waals surface area contributed by atoms with Gasteiger partial charge in [0.2, 0.25) is 0 Å². The molecule has 0 aliphatic rings. The maximum absolute atomic E-state index is 12.5. The van der Waals surface area contributed by atoms with Crippen LogP contribution in [0.3, 0.4) is 0 Å². The fourth-order valence-electron chi connectivity index (χ4n) is 1.84. The maximum Gasteiger partial charge on any atom is 0.254 e. The summed E-state index contributed by atoms with van der Waals surface area (Å²) in [5, 5.41) is 9.44. The van der Waals surface area contributed by atoms with Crippen molar-refractivity contribution >= 4 is 29.1 Å². The number of carbonyl (C=O) groups excluding carboxylic acids is 1. The second kappa shape index (κ2) is 7.16.